The van der Waals surface area contributed by atoms with Crippen LogP contribution < -0.4 is 0 Å². The van der Waals surface area contributed by atoms with Crippen LogP contribution in [0.5, 0.6) is 0 Å². The fraction of sp³-hybridized carbons (Fsp3) is 0.586. The van der Waals surface area contributed by atoms with Crippen molar-refractivity contribution in [2.24, 2.45) is 5.41 Å². The molecule has 0 radical (unpaired) electrons. The summed E-state index contributed by atoms with van der Waals surface area (Å²) in [5.74, 6) is 0. The van der Waals surface area contributed by atoms with E-state index >= 15 is 0 Å². The summed E-state index contributed by atoms with van der Waals surface area (Å²) in [6, 6.07) is 10.3. The predicted molar refractivity (Wildman–Crippen MR) is 125 cm³/mol. The standard InChI is InChI=1S/C29H38/c1-26(2)11-9-10-18-13-21-19(14-23(18)26)12-20-15-25-24(16-22(20)21)27(3,4)17-28(5,6)29(25,7)8/h13-16H,9-12,17H2,1-8H3. The Morgan fingerprint density at radius 2 is 1.24 bits per heavy atom. The zero-order valence-corrected chi connectivity index (χ0v) is 19.8. The number of hydrogen-bond donors (Lipinski definition) is 0. The van der Waals surface area contributed by atoms with E-state index in [1.165, 1.54) is 36.8 Å². The van der Waals surface area contributed by atoms with Gasteiger partial charge < -0.3 is 0 Å². The minimum atomic E-state index is 0.197. The van der Waals surface area contributed by atoms with Gasteiger partial charge in [0.05, 0.1) is 0 Å². The van der Waals surface area contributed by atoms with E-state index in [1.807, 2.05) is 0 Å². The zero-order chi connectivity index (χ0) is 21.0. The van der Waals surface area contributed by atoms with Gasteiger partial charge in [-0.05, 0) is 98.3 Å². The molecule has 29 heavy (non-hydrogen) atoms. The van der Waals surface area contributed by atoms with Gasteiger partial charge in [-0.2, -0.15) is 0 Å². The quantitative estimate of drug-likeness (QED) is 0.369. The van der Waals surface area contributed by atoms with Crippen molar-refractivity contribution >= 4 is 0 Å². The van der Waals surface area contributed by atoms with Crippen molar-refractivity contribution in [3.8, 4) is 11.1 Å². The lowest BCUT2D eigenvalue weighted by molar-refractivity contribution is 0.119. The molecule has 0 unspecified atom stereocenters. The minimum Gasteiger partial charge on any atom is -0.0590 e. The SMILES string of the molecule is CC1(C)CCCc2cc3c(cc21)Cc1cc2c(cc1-3)C(C)(C)CC(C)(C)C2(C)C. The van der Waals surface area contributed by atoms with E-state index in [9.17, 15) is 0 Å². The summed E-state index contributed by atoms with van der Waals surface area (Å²) in [5.41, 5.74) is 13.6. The van der Waals surface area contributed by atoms with Gasteiger partial charge in [0, 0.05) is 0 Å². The van der Waals surface area contributed by atoms with E-state index in [1.54, 1.807) is 33.4 Å². The highest BCUT2D eigenvalue weighted by molar-refractivity contribution is 5.80. The molecule has 0 N–H and O–H groups in total. The summed E-state index contributed by atoms with van der Waals surface area (Å²) in [7, 11) is 0. The Bertz CT molecular complexity index is 1030. The summed E-state index contributed by atoms with van der Waals surface area (Å²) in [6.07, 6.45) is 6.24. The number of fused-ring (bicyclic) bond motifs is 5. The first-order valence-electron chi connectivity index (χ1n) is 11.7. The molecule has 2 aromatic rings. The van der Waals surface area contributed by atoms with E-state index in [0.717, 1.165) is 6.42 Å². The van der Waals surface area contributed by atoms with Crippen LogP contribution in [0.1, 0.15) is 108 Å². The van der Waals surface area contributed by atoms with Gasteiger partial charge in [0.25, 0.3) is 0 Å². The Hall–Kier alpha value is -1.56. The first kappa shape index (κ1) is 19.4. The maximum atomic E-state index is 2.59. The van der Waals surface area contributed by atoms with E-state index in [0.29, 0.717) is 10.8 Å². The third kappa shape index (κ3) is 2.57. The largest absolute Gasteiger partial charge is 0.0590 e. The average molecular weight is 387 g/mol. The predicted octanol–water partition coefficient (Wildman–Crippen LogP) is 7.86. The fourth-order valence-corrected chi connectivity index (χ4v) is 6.89. The van der Waals surface area contributed by atoms with Gasteiger partial charge in [0.2, 0.25) is 0 Å². The summed E-state index contributed by atoms with van der Waals surface area (Å²) >= 11 is 0. The maximum Gasteiger partial charge on any atom is -0.00132 e. The van der Waals surface area contributed by atoms with Gasteiger partial charge in [-0.3, -0.25) is 0 Å². The highest BCUT2D eigenvalue weighted by atomic mass is 14.5. The van der Waals surface area contributed by atoms with Crippen molar-refractivity contribution in [1.29, 1.82) is 0 Å². The monoisotopic (exact) mass is 386 g/mol. The third-order valence-electron chi connectivity index (χ3n) is 9.20. The van der Waals surface area contributed by atoms with E-state index in [-0.39, 0.29) is 10.8 Å². The highest BCUT2D eigenvalue weighted by Gasteiger charge is 2.49. The zero-order valence-electron chi connectivity index (χ0n) is 19.8. The smallest absolute Gasteiger partial charge is 0.00132 e. The first-order valence-corrected chi connectivity index (χ1v) is 11.7. The molecule has 0 saturated heterocycles. The molecule has 154 valence electrons. The van der Waals surface area contributed by atoms with E-state index in [2.05, 4.69) is 79.7 Å². The molecule has 0 aromatic heterocycles. The number of aryl methyl sites for hydroxylation is 1. The Morgan fingerprint density at radius 3 is 1.93 bits per heavy atom. The molecule has 0 spiro atoms. The second-order valence-corrected chi connectivity index (χ2v) is 12.7. The Balaban J connectivity index is 1.71. The van der Waals surface area contributed by atoms with Crippen LogP contribution in [0, 0.1) is 5.41 Å². The molecule has 3 aliphatic rings. The van der Waals surface area contributed by atoms with Crippen LogP contribution in [-0.2, 0) is 29.1 Å². The van der Waals surface area contributed by atoms with Crippen LogP contribution >= 0.6 is 0 Å². The van der Waals surface area contributed by atoms with E-state index < -0.39 is 0 Å². The minimum absolute atomic E-state index is 0.197. The Kier molecular flexibility index (Phi) is 3.73. The Labute approximate surface area is 178 Å². The van der Waals surface area contributed by atoms with Gasteiger partial charge in [0.1, 0.15) is 0 Å². The molecule has 0 heteroatoms. The van der Waals surface area contributed by atoms with Crippen molar-refractivity contribution in [2.75, 3.05) is 0 Å². The van der Waals surface area contributed by atoms with Crippen molar-refractivity contribution in [3.05, 3.63) is 57.6 Å². The lowest BCUT2D eigenvalue weighted by Crippen LogP contribution is -2.47. The van der Waals surface area contributed by atoms with Crippen molar-refractivity contribution in [3.63, 3.8) is 0 Å². The third-order valence-corrected chi connectivity index (χ3v) is 9.20. The number of rotatable bonds is 0. The molecular formula is C29H38. The molecule has 0 atom stereocenters. The molecule has 3 aliphatic carbocycles. The van der Waals surface area contributed by atoms with E-state index in [4.69, 9.17) is 0 Å². The van der Waals surface area contributed by atoms with Crippen LogP contribution in [0.3, 0.4) is 0 Å². The normalized spacial score (nSPS) is 24.3. The molecule has 0 heterocycles. The summed E-state index contributed by atoms with van der Waals surface area (Å²) in [6.45, 7) is 19.7. The molecule has 0 amide bonds. The van der Waals surface area contributed by atoms with Gasteiger partial charge in [-0.15, -0.1) is 0 Å². The summed E-state index contributed by atoms with van der Waals surface area (Å²) in [4.78, 5) is 0. The molecule has 0 saturated carbocycles. The van der Waals surface area contributed by atoms with Gasteiger partial charge >= 0.3 is 0 Å². The van der Waals surface area contributed by atoms with Crippen molar-refractivity contribution in [1.82, 2.24) is 0 Å². The van der Waals surface area contributed by atoms with Crippen LogP contribution in [-0.4, -0.2) is 0 Å². The van der Waals surface area contributed by atoms with Crippen LogP contribution in [0.15, 0.2) is 24.3 Å². The number of benzene rings is 2. The molecule has 0 aliphatic heterocycles. The second kappa shape index (κ2) is 5.57. The fourth-order valence-electron chi connectivity index (χ4n) is 6.89. The molecule has 0 fully saturated rings. The summed E-state index contributed by atoms with van der Waals surface area (Å²) < 4.78 is 0. The maximum absolute atomic E-state index is 2.59. The topological polar surface area (TPSA) is 0 Å². The van der Waals surface area contributed by atoms with Crippen molar-refractivity contribution in [2.45, 2.75) is 104 Å². The lowest BCUT2D eigenvalue weighted by Gasteiger charge is -2.53. The van der Waals surface area contributed by atoms with Crippen LogP contribution in [0.2, 0.25) is 0 Å². The summed E-state index contributed by atoms with van der Waals surface area (Å²) in [5, 5.41) is 0. The van der Waals surface area contributed by atoms with Gasteiger partial charge in [-0.25, -0.2) is 0 Å². The molecule has 0 nitrogen and oxygen atoms in total. The second-order valence-electron chi connectivity index (χ2n) is 12.7. The van der Waals surface area contributed by atoms with Crippen molar-refractivity contribution < 1.29 is 0 Å². The highest BCUT2D eigenvalue weighted by Crippen LogP contribution is 2.57. The number of hydrogen-bond acceptors (Lipinski definition) is 0. The average Bonchev–Trinajstić information content (AvgIpc) is 2.94. The van der Waals surface area contributed by atoms with Crippen LogP contribution in [0.4, 0.5) is 0 Å². The Morgan fingerprint density at radius 1 is 0.621 bits per heavy atom. The lowest BCUT2D eigenvalue weighted by atomic mass is 9.51. The van der Waals surface area contributed by atoms with Gasteiger partial charge in [-0.1, -0.05) is 79.7 Å². The molecular weight excluding hydrogens is 348 g/mol. The van der Waals surface area contributed by atoms with Crippen LogP contribution in [0.25, 0.3) is 11.1 Å². The van der Waals surface area contributed by atoms with Gasteiger partial charge in [0.15, 0.2) is 0 Å². The molecule has 0 bridgehead atoms. The molecule has 2 aromatic carbocycles. The first-order chi connectivity index (χ1) is 13.3. The molecule has 5 rings (SSSR count).